The molecule has 0 spiro atoms. The van der Waals surface area contributed by atoms with Crippen molar-refractivity contribution in [2.75, 3.05) is 11.5 Å². The van der Waals surface area contributed by atoms with E-state index in [1.807, 2.05) is 0 Å². The minimum Gasteiger partial charge on any atom is -0.397 e. The molecule has 2 heteroatoms. The minimum atomic E-state index is -0.000926. The van der Waals surface area contributed by atoms with Gasteiger partial charge in [-0.3, -0.25) is 0 Å². The van der Waals surface area contributed by atoms with Gasteiger partial charge in [0.1, 0.15) is 0 Å². The maximum absolute atomic E-state index is 6.50. The van der Waals surface area contributed by atoms with Gasteiger partial charge in [0.2, 0.25) is 0 Å². The third-order valence-corrected chi connectivity index (χ3v) is 8.82. The average Bonchev–Trinajstić information content (AvgIpc) is 2.56. The summed E-state index contributed by atoms with van der Waals surface area (Å²) in [7, 11) is 0. The predicted molar refractivity (Wildman–Crippen MR) is 96.2 cm³/mol. The zero-order chi connectivity index (χ0) is 17.1. The second-order valence-electron chi connectivity index (χ2n) is 9.80. The molecule has 3 rings (SSSR count). The molecule has 1 aromatic carbocycles. The van der Waals surface area contributed by atoms with E-state index in [1.54, 1.807) is 0 Å². The molecule has 0 radical (unpaired) electrons. The highest BCUT2D eigenvalue weighted by molar-refractivity contribution is 5.79. The van der Waals surface area contributed by atoms with Crippen LogP contribution in [0.4, 0.5) is 11.4 Å². The van der Waals surface area contributed by atoms with Crippen molar-refractivity contribution in [2.45, 2.75) is 78.6 Å². The fraction of sp³-hybridized carbons (Fsp3) is 0.700. The number of benzene rings is 1. The van der Waals surface area contributed by atoms with Gasteiger partial charge in [0.15, 0.2) is 0 Å². The van der Waals surface area contributed by atoms with E-state index in [1.165, 1.54) is 16.7 Å². The van der Waals surface area contributed by atoms with E-state index in [9.17, 15) is 0 Å². The largest absolute Gasteiger partial charge is 0.397 e. The van der Waals surface area contributed by atoms with Crippen molar-refractivity contribution < 1.29 is 0 Å². The number of hydrogen-bond acceptors (Lipinski definition) is 2. The molecule has 1 unspecified atom stereocenters. The maximum Gasteiger partial charge on any atom is 0.0589 e. The van der Waals surface area contributed by atoms with E-state index >= 15 is 0 Å². The molecule has 0 heterocycles. The Hall–Kier alpha value is -1.18. The first-order valence-electron chi connectivity index (χ1n) is 8.40. The van der Waals surface area contributed by atoms with Crippen LogP contribution in [0.2, 0.25) is 0 Å². The minimum absolute atomic E-state index is 0.000926. The average molecular weight is 300 g/mol. The zero-order valence-electron chi connectivity index (χ0n) is 15.7. The summed E-state index contributed by atoms with van der Waals surface area (Å²) in [5, 5.41) is 0. The summed E-state index contributed by atoms with van der Waals surface area (Å²) in [5.41, 5.74) is 18.9. The monoisotopic (exact) mass is 300 g/mol. The Morgan fingerprint density at radius 2 is 1.14 bits per heavy atom. The topological polar surface area (TPSA) is 52.0 Å². The molecule has 0 saturated carbocycles. The Labute approximate surface area is 135 Å². The molecular weight excluding hydrogens is 268 g/mol. The summed E-state index contributed by atoms with van der Waals surface area (Å²) >= 11 is 0. The van der Waals surface area contributed by atoms with E-state index in [4.69, 9.17) is 11.5 Å². The molecule has 0 saturated heterocycles. The van der Waals surface area contributed by atoms with Gasteiger partial charge in [0.25, 0.3) is 0 Å². The number of anilines is 2. The summed E-state index contributed by atoms with van der Waals surface area (Å²) in [6.07, 6.45) is 0. The molecule has 1 aromatic rings. The van der Waals surface area contributed by atoms with Gasteiger partial charge in [0, 0.05) is 5.41 Å². The molecule has 0 bridgehead atoms. The van der Waals surface area contributed by atoms with Crippen molar-refractivity contribution in [3.63, 3.8) is 0 Å². The fourth-order valence-electron chi connectivity index (χ4n) is 5.69. The quantitative estimate of drug-likeness (QED) is 0.680. The molecular formula is C20H32N2. The summed E-state index contributed by atoms with van der Waals surface area (Å²) in [6.45, 7) is 21.5. The van der Waals surface area contributed by atoms with Crippen molar-refractivity contribution in [3.8, 4) is 0 Å². The number of rotatable bonds is 0. The first-order chi connectivity index (χ1) is 9.67. The molecule has 2 aliphatic rings. The Morgan fingerprint density at radius 1 is 0.682 bits per heavy atom. The van der Waals surface area contributed by atoms with Gasteiger partial charge in [-0.05, 0) is 44.4 Å². The molecule has 22 heavy (non-hydrogen) atoms. The highest BCUT2D eigenvalue weighted by Crippen LogP contribution is 2.76. The lowest BCUT2D eigenvalue weighted by atomic mass is 9.47. The summed E-state index contributed by atoms with van der Waals surface area (Å²) in [5.74, 6) is 0. The van der Waals surface area contributed by atoms with Crippen LogP contribution in [0.1, 0.15) is 79.0 Å². The molecule has 2 aliphatic carbocycles. The molecule has 4 N–H and O–H groups in total. The van der Waals surface area contributed by atoms with Crippen LogP contribution in [-0.4, -0.2) is 0 Å². The lowest BCUT2D eigenvalue weighted by Gasteiger charge is -2.56. The van der Waals surface area contributed by atoms with Gasteiger partial charge >= 0.3 is 0 Å². The smallest absolute Gasteiger partial charge is 0.0589 e. The second-order valence-corrected chi connectivity index (χ2v) is 9.80. The van der Waals surface area contributed by atoms with Crippen molar-refractivity contribution >= 4 is 11.4 Å². The Bertz CT molecular complexity index is 692. The number of nitrogen functional groups attached to an aromatic ring is 2. The van der Waals surface area contributed by atoms with Gasteiger partial charge in [-0.15, -0.1) is 0 Å². The van der Waals surface area contributed by atoms with E-state index in [0.717, 1.165) is 11.4 Å². The predicted octanol–water partition coefficient (Wildman–Crippen LogP) is 4.74. The van der Waals surface area contributed by atoms with Gasteiger partial charge in [-0.25, -0.2) is 0 Å². The third kappa shape index (κ3) is 1.13. The number of hydrogen-bond donors (Lipinski definition) is 2. The molecule has 0 amide bonds. The lowest BCUT2D eigenvalue weighted by molar-refractivity contribution is -0.0104. The Morgan fingerprint density at radius 3 is 1.64 bits per heavy atom. The third-order valence-electron chi connectivity index (χ3n) is 8.82. The normalized spacial score (nSPS) is 32.0. The summed E-state index contributed by atoms with van der Waals surface area (Å²) < 4.78 is 0. The van der Waals surface area contributed by atoms with Crippen LogP contribution >= 0.6 is 0 Å². The second kappa shape index (κ2) is 3.49. The highest BCUT2D eigenvalue weighted by Gasteiger charge is 2.72. The molecule has 122 valence electrons. The van der Waals surface area contributed by atoms with Crippen LogP contribution in [0, 0.1) is 10.8 Å². The van der Waals surface area contributed by atoms with Crippen molar-refractivity contribution in [3.05, 3.63) is 22.8 Å². The van der Waals surface area contributed by atoms with Gasteiger partial charge in [-0.1, -0.05) is 62.3 Å². The van der Waals surface area contributed by atoms with Crippen molar-refractivity contribution in [1.82, 2.24) is 0 Å². The molecule has 2 nitrogen and oxygen atoms in total. The van der Waals surface area contributed by atoms with Gasteiger partial charge < -0.3 is 11.5 Å². The van der Waals surface area contributed by atoms with Crippen molar-refractivity contribution in [1.29, 1.82) is 0 Å². The SMILES string of the molecule is CC1(C)c2cc(N)c(N)c3c2C(C)(C1(C)C)C(C)(C)C3(C)C. The Kier molecular flexibility index (Phi) is 2.49. The van der Waals surface area contributed by atoms with Crippen molar-refractivity contribution in [2.24, 2.45) is 10.8 Å². The van der Waals surface area contributed by atoms with Crippen LogP contribution in [0.15, 0.2) is 6.07 Å². The Balaban J connectivity index is 2.61. The van der Waals surface area contributed by atoms with E-state index in [0.29, 0.717) is 0 Å². The zero-order valence-corrected chi connectivity index (χ0v) is 15.7. The molecule has 0 fully saturated rings. The van der Waals surface area contributed by atoms with Gasteiger partial charge in [0.05, 0.1) is 11.4 Å². The summed E-state index contributed by atoms with van der Waals surface area (Å²) in [6, 6.07) is 2.15. The fourth-order valence-corrected chi connectivity index (χ4v) is 5.69. The van der Waals surface area contributed by atoms with Crippen LogP contribution in [0.5, 0.6) is 0 Å². The van der Waals surface area contributed by atoms with Crippen LogP contribution in [-0.2, 0) is 16.2 Å². The lowest BCUT2D eigenvalue weighted by Crippen LogP contribution is -2.55. The van der Waals surface area contributed by atoms with Crippen LogP contribution in [0.3, 0.4) is 0 Å². The molecule has 0 aromatic heterocycles. The highest BCUT2D eigenvalue weighted by atomic mass is 14.8. The summed E-state index contributed by atoms with van der Waals surface area (Å²) in [4.78, 5) is 0. The first-order valence-corrected chi connectivity index (χ1v) is 8.40. The first kappa shape index (κ1) is 15.7. The standard InChI is InChI=1S/C20H32N2/c1-16(2)11-10-12(21)15(22)14-13(11)20(9,18(16,5)6)19(7,8)17(14,3)4/h10H,21-22H2,1-9H3. The van der Waals surface area contributed by atoms with Crippen LogP contribution < -0.4 is 11.5 Å². The van der Waals surface area contributed by atoms with Gasteiger partial charge in [-0.2, -0.15) is 0 Å². The van der Waals surface area contributed by atoms with E-state index < -0.39 is 0 Å². The maximum atomic E-state index is 6.50. The van der Waals surface area contributed by atoms with E-state index in [2.05, 4.69) is 68.4 Å². The van der Waals surface area contributed by atoms with Crippen LogP contribution in [0.25, 0.3) is 0 Å². The molecule has 0 aliphatic heterocycles. The van der Waals surface area contributed by atoms with E-state index in [-0.39, 0.29) is 27.1 Å². The number of nitrogens with two attached hydrogens (primary N) is 2. The molecule has 1 atom stereocenters.